The molecular formula is C14H20BrCl2N3OS. The minimum Gasteiger partial charge on any atom is -0.355 e. The van der Waals surface area contributed by atoms with Gasteiger partial charge in [0.2, 0.25) is 5.91 Å². The van der Waals surface area contributed by atoms with E-state index in [9.17, 15) is 4.79 Å². The second kappa shape index (κ2) is 11.2. The highest BCUT2D eigenvalue weighted by Crippen LogP contribution is 2.25. The molecule has 8 heteroatoms. The molecule has 22 heavy (non-hydrogen) atoms. The molecule has 124 valence electrons. The molecule has 0 unspecified atom stereocenters. The van der Waals surface area contributed by atoms with E-state index in [0.29, 0.717) is 19.4 Å². The summed E-state index contributed by atoms with van der Waals surface area (Å²) >= 11 is 5.10. The summed E-state index contributed by atoms with van der Waals surface area (Å²) in [4.78, 5) is 16.2. The monoisotopic (exact) mass is 427 g/mol. The molecule has 0 aliphatic heterocycles. The standard InChI is InChI=1S/C14H18BrN3OS.2ClH/c1-2-16-7-8-17-13(19)5-6-14-18-11-9-10(15)3-4-12(11)20-14;;/h3-4,9,16H,2,5-8H2,1H3,(H,17,19);2*1H. The quantitative estimate of drug-likeness (QED) is 0.662. The van der Waals surface area contributed by atoms with Crippen molar-refractivity contribution >= 4 is 68.2 Å². The lowest BCUT2D eigenvalue weighted by atomic mass is 10.3. The molecular weight excluding hydrogens is 409 g/mol. The molecule has 0 fully saturated rings. The summed E-state index contributed by atoms with van der Waals surface area (Å²) in [7, 11) is 0. The van der Waals surface area contributed by atoms with Crippen molar-refractivity contribution in [3.63, 3.8) is 0 Å². The molecule has 0 saturated heterocycles. The molecule has 2 rings (SSSR count). The third-order valence-corrected chi connectivity index (χ3v) is 4.42. The van der Waals surface area contributed by atoms with Crippen LogP contribution in [0.4, 0.5) is 0 Å². The number of carbonyl (C=O) groups is 1. The Morgan fingerprint density at radius 2 is 2.09 bits per heavy atom. The van der Waals surface area contributed by atoms with Crippen LogP contribution in [0, 0.1) is 0 Å². The minimum absolute atomic E-state index is 0. The van der Waals surface area contributed by atoms with Gasteiger partial charge in [-0.2, -0.15) is 0 Å². The van der Waals surface area contributed by atoms with Gasteiger partial charge in [-0.3, -0.25) is 4.79 Å². The number of aromatic nitrogens is 1. The Hall–Kier alpha value is -0.400. The summed E-state index contributed by atoms with van der Waals surface area (Å²) in [5, 5.41) is 7.08. The third kappa shape index (κ3) is 6.79. The van der Waals surface area contributed by atoms with Gasteiger partial charge in [0.05, 0.1) is 15.2 Å². The number of thiazole rings is 1. The summed E-state index contributed by atoms with van der Waals surface area (Å²) in [6, 6.07) is 6.07. The number of aryl methyl sites for hydroxylation is 1. The molecule has 1 aromatic heterocycles. The predicted molar refractivity (Wildman–Crippen MR) is 102 cm³/mol. The number of nitrogens with one attached hydrogen (secondary N) is 2. The van der Waals surface area contributed by atoms with E-state index < -0.39 is 0 Å². The fourth-order valence-electron chi connectivity index (χ4n) is 1.83. The summed E-state index contributed by atoms with van der Waals surface area (Å²) in [5.41, 5.74) is 0.993. The highest BCUT2D eigenvalue weighted by molar-refractivity contribution is 9.10. The van der Waals surface area contributed by atoms with Gasteiger partial charge in [-0.25, -0.2) is 4.98 Å². The van der Waals surface area contributed by atoms with Crippen LogP contribution < -0.4 is 10.6 Å². The Balaban J connectivity index is 0.00000220. The van der Waals surface area contributed by atoms with Crippen molar-refractivity contribution in [3.8, 4) is 0 Å². The van der Waals surface area contributed by atoms with Crippen molar-refractivity contribution in [2.45, 2.75) is 19.8 Å². The zero-order chi connectivity index (χ0) is 14.4. The number of halogens is 3. The first-order chi connectivity index (χ1) is 9.69. The normalized spacial score (nSPS) is 9.91. The van der Waals surface area contributed by atoms with Crippen LogP contribution in [0.3, 0.4) is 0 Å². The fourth-order valence-corrected chi connectivity index (χ4v) is 3.13. The summed E-state index contributed by atoms with van der Waals surface area (Å²) < 4.78 is 2.19. The van der Waals surface area contributed by atoms with E-state index in [1.165, 1.54) is 0 Å². The maximum atomic E-state index is 11.7. The molecule has 0 radical (unpaired) electrons. The second-order valence-corrected chi connectivity index (χ2v) is 6.45. The van der Waals surface area contributed by atoms with Crippen LogP contribution in [-0.2, 0) is 11.2 Å². The van der Waals surface area contributed by atoms with E-state index in [4.69, 9.17) is 0 Å². The number of benzene rings is 1. The molecule has 1 heterocycles. The number of hydrogen-bond acceptors (Lipinski definition) is 4. The van der Waals surface area contributed by atoms with Crippen LogP contribution in [0.25, 0.3) is 10.2 Å². The van der Waals surface area contributed by atoms with Gasteiger partial charge in [-0.05, 0) is 24.7 Å². The molecule has 4 nitrogen and oxygen atoms in total. The number of amides is 1. The molecule has 0 aliphatic rings. The van der Waals surface area contributed by atoms with E-state index >= 15 is 0 Å². The van der Waals surface area contributed by atoms with Crippen molar-refractivity contribution in [1.29, 1.82) is 0 Å². The Morgan fingerprint density at radius 3 is 2.82 bits per heavy atom. The van der Waals surface area contributed by atoms with E-state index in [1.54, 1.807) is 11.3 Å². The van der Waals surface area contributed by atoms with Crippen molar-refractivity contribution in [1.82, 2.24) is 15.6 Å². The molecule has 0 spiro atoms. The second-order valence-electron chi connectivity index (χ2n) is 4.42. The van der Waals surface area contributed by atoms with Gasteiger partial charge in [0.1, 0.15) is 0 Å². The fraction of sp³-hybridized carbons (Fsp3) is 0.429. The summed E-state index contributed by atoms with van der Waals surface area (Å²) in [6.07, 6.45) is 1.19. The predicted octanol–water partition coefficient (Wildman–Crippen LogP) is 3.56. The van der Waals surface area contributed by atoms with Crippen molar-refractivity contribution in [2.75, 3.05) is 19.6 Å². The Labute approximate surface area is 155 Å². The lowest BCUT2D eigenvalue weighted by Crippen LogP contribution is -2.31. The zero-order valence-corrected chi connectivity index (χ0v) is 16.3. The van der Waals surface area contributed by atoms with Gasteiger partial charge in [0.25, 0.3) is 0 Å². The van der Waals surface area contributed by atoms with Crippen LogP contribution in [0.15, 0.2) is 22.7 Å². The van der Waals surface area contributed by atoms with Gasteiger partial charge in [-0.15, -0.1) is 36.2 Å². The minimum atomic E-state index is 0. The first-order valence-electron chi connectivity index (χ1n) is 6.71. The molecule has 0 atom stereocenters. The van der Waals surface area contributed by atoms with E-state index in [1.807, 2.05) is 19.1 Å². The first kappa shape index (κ1) is 21.6. The molecule has 2 aromatic rings. The van der Waals surface area contributed by atoms with Crippen LogP contribution in [-0.4, -0.2) is 30.5 Å². The van der Waals surface area contributed by atoms with Crippen LogP contribution >= 0.6 is 52.1 Å². The number of rotatable bonds is 7. The van der Waals surface area contributed by atoms with E-state index in [0.717, 1.165) is 32.8 Å². The smallest absolute Gasteiger partial charge is 0.220 e. The number of hydrogen-bond donors (Lipinski definition) is 2. The summed E-state index contributed by atoms with van der Waals surface area (Å²) in [6.45, 7) is 4.47. The number of fused-ring (bicyclic) bond motifs is 1. The lowest BCUT2D eigenvalue weighted by Gasteiger charge is -2.04. The molecule has 2 N–H and O–H groups in total. The SMILES string of the molecule is CCNCCNC(=O)CCc1nc2cc(Br)ccc2s1.Cl.Cl. The Bertz CT molecular complexity index is 594. The van der Waals surface area contributed by atoms with Crippen LogP contribution in [0.5, 0.6) is 0 Å². The highest BCUT2D eigenvalue weighted by atomic mass is 79.9. The summed E-state index contributed by atoms with van der Waals surface area (Å²) in [5.74, 6) is 0.0864. The average molecular weight is 429 g/mol. The highest BCUT2D eigenvalue weighted by Gasteiger charge is 2.07. The Kier molecular flexibility index (Phi) is 11.0. The molecule has 0 bridgehead atoms. The zero-order valence-electron chi connectivity index (χ0n) is 12.2. The van der Waals surface area contributed by atoms with Crippen LogP contribution in [0.1, 0.15) is 18.4 Å². The lowest BCUT2D eigenvalue weighted by molar-refractivity contribution is -0.121. The average Bonchev–Trinajstić information content (AvgIpc) is 2.83. The van der Waals surface area contributed by atoms with Gasteiger partial charge in [0, 0.05) is 30.4 Å². The van der Waals surface area contributed by atoms with Gasteiger partial charge in [0.15, 0.2) is 0 Å². The van der Waals surface area contributed by atoms with Crippen LogP contribution in [0.2, 0.25) is 0 Å². The van der Waals surface area contributed by atoms with E-state index in [-0.39, 0.29) is 30.7 Å². The molecule has 0 aliphatic carbocycles. The number of nitrogens with zero attached hydrogens (tertiary/aromatic N) is 1. The third-order valence-electron chi connectivity index (χ3n) is 2.83. The molecule has 0 saturated carbocycles. The van der Waals surface area contributed by atoms with Gasteiger partial charge < -0.3 is 10.6 Å². The molecule has 1 amide bonds. The van der Waals surface area contributed by atoms with Gasteiger partial charge >= 0.3 is 0 Å². The topological polar surface area (TPSA) is 54.0 Å². The maximum absolute atomic E-state index is 11.7. The Morgan fingerprint density at radius 1 is 1.32 bits per heavy atom. The van der Waals surface area contributed by atoms with Crippen molar-refractivity contribution in [3.05, 3.63) is 27.7 Å². The molecule has 1 aromatic carbocycles. The van der Waals surface area contributed by atoms with Crippen molar-refractivity contribution in [2.24, 2.45) is 0 Å². The number of likely N-dealkylation sites (N-methyl/N-ethyl adjacent to an activating group) is 1. The van der Waals surface area contributed by atoms with Crippen molar-refractivity contribution < 1.29 is 4.79 Å². The largest absolute Gasteiger partial charge is 0.355 e. The maximum Gasteiger partial charge on any atom is 0.220 e. The van der Waals surface area contributed by atoms with Gasteiger partial charge in [-0.1, -0.05) is 22.9 Å². The first-order valence-corrected chi connectivity index (χ1v) is 8.32. The van der Waals surface area contributed by atoms with E-state index in [2.05, 4.69) is 37.6 Å². The number of carbonyl (C=O) groups excluding carboxylic acids is 1.